The fourth-order valence-electron chi connectivity index (χ4n) is 4.67. The number of carboxylic acid groups (broad SMARTS) is 2. The van der Waals surface area contributed by atoms with E-state index in [9.17, 15) is 34.8 Å². The average Bonchev–Trinajstić information content (AvgIpc) is 3.74. The molecule has 0 saturated carbocycles. The molecule has 0 spiro atoms. The largest absolute Gasteiger partial charge is 0.496 e. The summed E-state index contributed by atoms with van der Waals surface area (Å²) in [6.07, 6.45) is -6.60. The van der Waals surface area contributed by atoms with Crippen LogP contribution in [0.1, 0.15) is 11.1 Å². The standard InChI is InChI=1S/C18H20N2O3S.C12H16N2O.2C2HF3O2/c1-19(2)13-16-15-11-12-20(17(15)9-10-18(16)23-3)24(21,22)14-7-5-4-6-8-14;1-14(2)8-10-9-6-7-13-11(9)4-5-12(10)15-3;2*3-2(4,5)1(6)7/h4-12H,13H2,1-3H3;4-7,13H,8H2,1-3H3;2*(H,6,7). The van der Waals surface area contributed by atoms with Gasteiger partial charge < -0.3 is 34.5 Å². The summed E-state index contributed by atoms with van der Waals surface area (Å²) >= 11 is 0. The zero-order valence-electron chi connectivity index (χ0n) is 29.3. The molecule has 0 saturated heterocycles. The van der Waals surface area contributed by atoms with Crippen molar-refractivity contribution in [3.63, 3.8) is 0 Å². The fourth-order valence-corrected chi connectivity index (χ4v) is 6.03. The molecule has 19 heteroatoms. The van der Waals surface area contributed by atoms with E-state index in [0.717, 1.165) is 34.5 Å². The summed E-state index contributed by atoms with van der Waals surface area (Å²) < 4.78 is 101. The molecule has 0 atom stereocenters. The molecule has 5 rings (SSSR count). The Morgan fingerprint density at radius 3 is 1.60 bits per heavy atom. The third kappa shape index (κ3) is 12.1. The third-order valence-electron chi connectivity index (χ3n) is 6.88. The van der Waals surface area contributed by atoms with Crippen LogP contribution in [-0.2, 0) is 32.7 Å². The molecule has 0 fully saturated rings. The highest BCUT2D eigenvalue weighted by Gasteiger charge is 2.38. The zero-order chi connectivity index (χ0) is 40.3. The summed E-state index contributed by atoms with van der Waals surface area (Å²) in [4.78, 5) is 25.4. The number of carbonyl (C=O) groups is 2. The molecule has 5 aromatic rings. The van der Waals surface area contributed by atoms with Crippen molar-refractivity contribution >= 4 is 43.8 Å². The number of hydrogen-bond donors (Lipinski definition) is 3. The Kier molecular flexibility index (Phi) is 15.3. The van der Waals surface area contributed by atoms with Crippen molar-refractivity contribution in [1.82, 2.24) is 18.8 Å². The van der Waals surface area contributed by atoms with Crippen LogP contribution in [0.3, 0.4) is 0 Å². The van der Waals surface area contributed by atoms with Crippen molar-refractivity contribution in [2.24, 2.45) is 0 Å². The maximum atomic E-state index is 12.9. The molecule has 0 aliphatic heterocycles. The Labute approximate surface area is 300 Å². The molecular weight excluding hydrogens is 738 g/mol. The number of nitrogens with zero attached hydrogens (tertiary/aromatic N) is 3. The molecule has 2 aromatic heterocycles. The van der Waals surface area contributed by atoms with Gasteiger partial charge in [-0.1, -0.05) is 18.2 Å². The van der Waals surface area contributed by atoms with Gasteiger partial charge in [0.25, 0.3) is 10.0 Å². The first-order valence-corrected chi connectivity index (χ1v) is 16.5. The lowest BCUT2D eigenvalue weighted by molar-refractivity contribution is -0.193. The lowest BCUT2D eigenvalue weighted by Gasteiger charge is -2.15. The predicted octanol–water partition coefficient (Wildman–Crippen LogP) is 6.45. The highest BCUT2D eigenvalue weighted by atomic mass is 32.2. The first-order valence-electron chi connectivity index (χ1n) is 15.1. The summed E-state index contributed by atoms with van der Waals surface area (Å²) in [5.74, 6) is -3.80. The monoisotopic (exact) mass is 776 g/mol. The van der Waals surface area contributed by atoms with Gasteiger partial charge in [-0.3, -0.25) is 0 Å². The van der Waals surface area contributed by atoms with Gasteiger partial charge in [-0.2, -0.15) is 26.3 Å². The lowest BCUT2D eigenvalue weighted by atomic mass is 10.1. The highest BCUT2D eigenvalue weighted by Crippen LogP contribution is 2.32. The molecule has 0 amide bonds. The van der Waals surface area contributed by atoms with Gasteiger partial charge >= 0.3 is 24.3 Å². The van der Waals surface area contributed by atoms with Crippen molar-refractivity contribution in [1.29, 1.82) is 0 Å². The van der Waals surface area contributed by atoms with Crippen molar-refractivity contribution < 1.29 is 64.0 Å². The number of aromatic nitrogens is 2. The van der Waals surface area contributed by atoms with Gasteiger partial charge in [0.05, 0.1) is 24.6 Å². The summed E-state index contributed by atoms with van der Waals surface area (Å²) in [6.45, 7) is 1.55. The molecule has 3 aromatic carbocycles. The Bertz CT molecular complexity index is 2050. The second-order valence-corrected chi connectivity index (χ2v) is 13.2. The van der Waals surface area contributed by atoms with Crippen molar-refractivity contribution in [3.8, 4) is 11.5 Å². The summed E-state index contributed by atoms with van der Waals surface area (Å²) in [5.41, 5.74) is 4.02. The molecule has 53 heavy (non-hydrogen) atoms. The first kappa shape index (κ1) is 43.9. The van der Waals surface area contributed by atoms with Gasteiger partial charge in [0.1, 0.15) is 11.5 Å². The van der Waals surface area contributed by atoms with Gasteiger partial charge in [0.2, 0.25) is 0 Å². The minimum Gasteiger partial charge on any atom is -0.496 e. The normalized spacial score (nSPS) is 11.6. The Morgan fingerprint density at radius 1 is 0.717 bits per heavy atom. The van der Waals surface area contributed by atoms with Crippen LogP contribution in [0.4, 0.5) is 26.3 Å². The van der Waals surface area contributed by atoms with Crippen molar-refractivity contribution in [2.45, 2.75) is 30.3 Å². The maximum absolute atomic E-state index is 12.9. The number of fused-ring (bicyclic) bond motifs is 2. The van der Waals surface area contributed by atoms with Crippen LogP contribution in [0, 0.1) is 0 Å². The number of aromatic amines is 1. The van der Waals surface area contributed by atoms with Crippen molar-refractivity contribution in [2.75, 3.05) is 42.4 Å². The van der Waals surface area contributed by atoms with E-state index in [-0.39, 0.29) is 4.90 Å². The topological polar surface area (TPSA) is 154 Å². The Morgan fingerprint density at radius 2 is 1.17 bits per heavy atom. The molecule has 3 N–H and O–H groups in total. The van der Waals surface area contributed by atoms with Gasteiger partial charge in [-0.15, -0.1) is 0 Å². The number of alkyl halides is 6. The number of nitrogens with one attached hydrogen (secondary N) is 1. The second kappa shape index (κ2) is 18.5. The van der Waals surface area contributed by atoms with Crippen molar-refractivity contribution in [3.05, 3.63) is 90.3 Å². The van der Waals surface area contributed by atoms with Crippen LogP contribution >= 0.6 is 0 Å². The minimum absolute atomic E-state index is 0.271. The molecule has 0 bridgehead atoms. The number of ether oxygens (including phenoxy) is 2. The molecule has 0 aliphatic rings. The van der Waals surface area contributed by atoms with Crippen LogP contribution < -0.4 is 9.47 Å². The SMILES string of the molecule is COc1ccc2[nH]ccc2c1CN(C)C.COc1ccc2c(ccn2S(=O)(=O)c2ccccc2)c1CN(C)C.O=C(O)C(F)(F)F.O=C(O)C(F)(F)F. The van der Waals surface area contributed by atoms with Crippen LogP contribution in [0.5, 0.6) is 11.5 Å². The van der Waals surface area contributed by atoms with Gasteiger partial charge in [-0.05, 0) is 76.7 Å². The number of carboxylic acids is 2. The number of rotatable bonds is 8. The molecule has 290 valence electrons. The number of H-pyrrole nitrogens is 1. The summed E-state index contributed by atoms with van der Waals surface area (Å²) in [6, 6.07) is 20.0. The quantitative estimate of drug-likeness (QED) is 0.150. The number of aliphatic carboxylic acids is 2. The lowest BCUT2D eigenvalue weighted by Crippen LogP contribution is -2.21. The summed E-state index contributed by atoms with van der Waals surface area (Å²) in [5, 5.41) is 16.4. The average molecular weight is 777 g/mol. The van der Waals surface area contributed by atoms with E-state index in [1.165, 1.54) is 14.9 Å². The van der Waals surface area contributed by atoms with E-state index in [2.05, 4.69) is 30.0 Å². The van der Waals surface area contributed by atoms with Gasteiger partial charge in [-0.25, -0.2) is 22.0 Å². The molecule has 2 heterocycles. The number of methoxy groups -OCH3 is 2. The van der Waals surface area contributed by atoms with E-state index in [1.54, 1.807) is 56.8 Å². The van der Waals surface area contributed by atoms with Crippen LogP contribution in [-0.4, -0.2) is 104 Å². The minimum atomic E-state index is -5.08. The van der Waals surface area contributed by atoms with Crippen LogP contribution in [0.2, 0.25) is 0 Å². The fraction of sp³-hybridized carbons (Fsp3) is 0.294. The number of halogens is 6. The Balaban J connectivity index is 0.000000284. The zero-order valence-corrected chi connectivity index (χ0v) is 30.1. The van der Waals surface area contributed by atoms with E-state index in [4.69, 9.17) is 29.3 Å². The van der Waals surface area contributed by atoms with Crippen LogP contribution in [0.25, 0.3) is 21.8 Å². The van der Waals surface area contributed by atoms with E-state index in [1.807, 2.05) is 49.5 Å². The highest BCUT2D eigenvalue weighted by molar-refractivity contribution is 7.90. The molecule has 0 aliphatic carbocycles. The van der Waals surface area contributed by atoms with Gasteiger partial charge in [0.15, 0.2) is 0 Å². The molecule has 12 nitrogen and oxygen atoms in total. The maximum Gasteiger partial charge on any atom is 0.490 e. The molecule has 0 radical (unpaired) electrons. The summed E-state index contributed by atoms with van der Waals surface area (Å²) in [7, 11) is 7.77. The van der Waals surface area contributed by atoms with E-state index in [0.29, 0.717) is 12.1 Å². The molecular formula is C34H38F6N4O8S. The van der Waals surface area contributed by atoms with E-state index < -0.39 is 34.3 Å². The molecule has 0 unspecified atom stereocenters. The third-order valence-corrected chi connectivity index (χ3v) is 8.59. The smallest absolute Gasteiger partial charge is 0.490 e. The Hall–Kier alpha value is -5.27. The van der Waals surface area contributed by atoms with E-state index >= 15 is 0 Å². The number of benzene rings is 3. The van der Waals surface area contributed by atoms with Gasteiger partial charge in [0, 0.05) is 52.9 Å². The number of hydrogen-bond acceptors (Lipinski definition) is 8. The second-order valence-electron chi connectivity index (χ2n) is 11.4. The predicted molar refractivity (Wildman–Crippen MR) is 185 cm³/mol. The van der Waals surface area contributed by atoms with Crippen LogP contribution in [0.15, 0.2) is 84.0 Å². The first-order chi connectivity index (χ1) is 24.6.